The van der Waals surface area contributed by atoms with Crippen LogP contribution in [-0.2, 0) is 6.54 Å². The molecule has 1 atom stereocenters. The first-order chi connectivity index (χ1) is 13.2. The van der Waals surface area contributed by atoms with Crippen molar-refractivity contribution < 1.29 is 9.21 Å². The quantitative estimate of drug-likeness (QED) is 0.859. The third-order valence-corrected chi connectivity index (χ3v) is 5.56. The van der Waals surface area contributed by atoms with E-state index in [9.17, 15) is 4.79 Å². The molecule has 0 radical (unpaired) electrons. The first-order valence-corrected chi connectivity index (χ1v) is 9.86. The van der Waals surface area contributed by atoms with Crippen LogP contribution in [0.4, 0.5) is 4.79 Å². The minimum atomic E-state index is 0.0523. The van der Waals surface area contributed by atoms with Crippen molar-refractivity contribution in [2.75, 3.05) is 26.2 Å². The summed E-state index contributed by atoms with van der Waals surface area (Å²) in [5.74, 6) is 2.88. The van der Waals surface area contributed by atoms with Gasteiger partial charge in [-0.05, 0) is 44.7 Å². The minimum absolute atomic E-state index is 0.0523. The predicted octanol–water partition coefficient (Wildman–Crippen LogP) is 2.26. The van der Waals surface area contributed by atoms with Gasteiger partial charge in [0, 0.05) is 38.1 Å². The molecular formula is C19H28N6O2. The molecule has 4 heterocycles. The predicted molar refractivity (Wildman–Crippen MR) is 100 cm³/mol. The summed E-state index contributed by atoms with van der Waals surface area (Å²) in [5.41, 5.74) is 0. The van der Waals surface area contributed by atoms with E-state index in [1.54, 1.807) is 6.26 Å². The molecule has 0 bridgehead atoms. The molecule has 1 unspecified atom stereocenters. The van der Waals surface area contributed by atoms with Crippen molar-refractivity contribution in [1.82, 2.24) is 30.3 Å². The van der Waals surface area contributed by atoms with Crippen molar-refractivity contribution >= 4 is 6.03 Å². The molecule has 0 aromatic carbocycles. The molecule has 2 saturated heterocycles. The van der Waals surface area contributed by atoms with E-state index in [0.29, 0.717) is 6.54 Å². The van der Waals surface area contributed by atoms with Gasteiger partial charge in [0.05, 0.1) is 12.8 Å². The fourth-order valence-electron chi connectivity index (χ4n) is 4.04. The molecule has 2 N–H and O–H groups in total. The molecular weight excluding hydrogens is 344 g/mol. The Hall–Kier alpha value is -2.35. The van der Waals surface area contributed by atoms with E-state index in [-0.39, 0.29) is 18.0 Å². The van der Waals surface area contributed by atoms with Crippen LogP contribution in [0.5, 0.6) is 0 Å². The molecule has 0 aliphatic carbocycles. The van der Waals surface area contributed by atoms with Crippen LogP contribution in [0.15, 0.2) is 22.8 Å². The zero-order chi connectivity index (χ0) is 18.6. The zero-order valence-electron chi connectivity index (χ0n) is 15.9. The number of piperidine rings is 2. The molecule has 0 saturated carbocycles. The molecule has 2 fully saturated rings. The van der Waals surface area contributed by atoms with Gasteiger partial charge in [-0.3, -0.25) is 10.00 Å². The van der Waals surface area contributed by atoms with Crippen molar-refractivity contribution in [1.29, 1.82) is 0 Å². The van der Waals surface area contributed by atoms with Gasteiger partial charge in [0.1, 0.15) is 11.6 Å². The third kappa shape index (κ3) is 4.50. The smallest absolute Gasteiger partial charge is 0.317 e. The van der Waals surface area contributed by atoms with Gasteiger partial charge < -0.3 is 14.6 Å². The fraction of sp³-hybridized carbons (Fsp3) is 0.632. The van der Waals surface area contributed by atoms with E-state index in [2.05, 4.69) is 25.4 Å². The van der Waals surface area contributed by atoms with Crippen molar-refractivity contribution in [2.24, 2.45) is 0 Å². The van der Waals surface area contributed by atoms with Crippen LogP contribution in [-0.4, -0.2) is 63.2 Å². The summed E-state index contributed by atoms with van der Waals surface area (Å²) in [4.78, 5) is 21.5. The number of hydrogen-bond donors (Lipinski definition) is 2. The lowest BCUT2D eigenvalue weighted by molar-refractivity contribution is 0.154. The summed E-state index contributed by atoms with van der Waals surface area (Å²) in [6.07, 6.45) is 5.70. The van der Waals surface area contributed by atoms with Crippen LogP contribution in [0.3, 0.4) is 0 Å². The Bertz CT molecular complexity index is 735. The summed E-state index contributed by atoms with van der Waals surface area (Å²) in [6, 6.07) is 4.23. The van der Waals surface area contributed by atoms with E-state index in [0.717, 1.165) is 69.3 Å². The normalized spacial score (nSPS) is 22.1. The van der Waals surface area contributed by atoms with Gasteiger partial charge in [0.2, 0.25) is 0 Å². The van der Waals surface area contributed by atoms with Crippen molar-refractivity contribution in [3.8, 4) is 0 Å². The van der Waals surface area contributed by atoms with Crippen LogP contribution in [0, 0.1) is 6.92 Å². The number of nitrogens with zero attached hydrogens (tertiary/aromatic N) is 4. The van der Waals surface area contributed by atoms with Gasteiger partial charge in [-0.25, -0.2) is 9.78 Å². The summed E-state index contributed by atoms with van der Waals surface area (Å²) >= 11 is 0. The number of aromatic amines is 1. The molecule has 146 valence electrons. The molecule has 2 amide bonds. The first-order valence-electron chi connectivity index (χ1n) is 9.86. The van der Waals surface area contributed by atoms with E-state index in [4.69, 9.17) is 4.42 Å². The molecule has 2 aromatic heterocycles. The number of rotatable bonds is 4. The highest BCUT2D eigenvalue weighted by atomic mass is 16.3. The largest absolute Gasteiger partial charge is 0.468 e. The Morgan fingerprint density at radius 1 is 1.33 bits per heavy atom. The van der Waals surface area contributed by atoms with Gasteiger partial charge in [-0.1, -0.05) is 0 Å². The molecule has 2 aromatic rings. The summed E-state index contributed by atoms with van der Waals surface area (Å²) < 4.78 is 5.42. The van der Waals surface area contributed by atoms with Crippen LogP contribution < -0.4 is 5.32 Å². The minimum Gasteiger partial charge on any atom is -0.468 e. The standard InChI is InChI=1S/C19H28N6O2/c1-14-20-18(23-22-14)15-4-2-8-25(12-15)19(26)21-16-6-9-24(10-7-16)13-17-5-3-11-27-17/h3,5,11,15-16H,2,4,6-10,12-13H2,1H3,(H,21,26)(H,20,22,23). The third-order valence-electron chi connectivity index (χ3n) is 5.56. The lowest BCUT2D eigenvalue weighted by Gasteiger charge is -2.35. The van der Waals surface area contributed by atoms with Crippen LogP contribution in [0.25, 0.3) is 0 Å². The molecule has 27 heavy (non-hydrogen) atoms. The molecule has 2 aliphatic heterocycles. The maximum absolute atomic E-state index is 12.7. The number of furan rings is 1. The maximum Gasteiger partial charge on any atom is 0.317 e. The molecule has 0 spiro atoms. The Morgan fingerprint density at radius 2 is 2.19 bits per heavy atom. The molecule has 8 nitrogen and oxygen atoms in total. The first kappa shape index (κ1) is 18.0. The number of nitrogens with one attached hydrogen (secondary N) is 2. The number of urea groups is 1. The van der Waals surface area contributed by atoms with Crippen molar-refractivity contribution in [3.63, 3.8) is 0 Å². The van der Waals surface area contributed by atoms with Crippen LogP contribution in [0.2, 0.25) is 0 Å². The SMILES string of the molecule is Cc1nc(C2CCCN(C(=O)NC3CCN(Cc4ccco4)CC3)C2)n[nH]1. The lowest BCUT2D eigenvalue weighted by atomic mass is 9.97. The number of likely N-dealkylation sites (tertiary alicyclic amines) is 2. The zero-order valence-corrected chi connectivity index (χ0v) is 15.9. The Kier molecular flexibility index (Phi) is 5.42. The van der Waals surface area contributed by atoms with Crippen LogP contribution >= 0.6 is 0 Å². The number of amides is 2. The average molecular weight is 372 g/mol. The number of hydrogen-bond acceptors (Lipinski definition) is 5. The average Bonchev–Trinajstić information content (AvgIpc) is 3.35. The number of aromatic nitrogens is 3. The highest BCUT2D eigenvalue weighted by Gasteiger charge is 2.29. The highest BCUT2D eigenvalue weighted by Crippen LogP contribution is 2.24. The second-order valence-corrected chi connectivity index (χ2v) is 7.64. The maximum atomic E-state index is 12.7. The Balaban J connectivity index is 1.24. The van der Waals surface area contributed by atoms with Crippen LogP contribution in [0.1, 0.15) is 49.0 Å². The monoisotopic (exact) mass is 372 g/mol. The van der Waals surface area contributed by atoms with E-state index >= 15 is 0 Å². The van der Waals surface area contributed by atoms with E-state index in [1.807, 2.05) is 24.0 Å². The number of H-pyrrole nitrogens is 1. The summed E-state index contributed by atoms with van der Waals surface area (Å²) in [7, 11) is 0. The second kappa shape index (κ2) is 8.12. The van der Waals surface area contributed by atoms with Gasteiger partial charge in [-0.15, -0.1) is 0 Å². The van der Waals surface area contributed by atoms with Crippen molar-refractivity contribution in [2.45, 2.75) is 51.1 Å². The molecule has 4 rings (SSSR count). The van der Waals surface area contributed by atoms with Crippen molar-refractivity contribution in [3.05, 3.63) is 35.8 Å². The number of carbonyl (C=O) groups excluding carboxylic acids is 1. The fourth-order valence-corrected chi connectivity index (χ4v) is 4.04. The van der Waals surface area contributed by atoms with Gasteiger partial charge >= 0.3 is 6.03 Å². The summed E-state index contributed by atoms with van der Waals surface area (Å²) in [6.45, 7) is 6.21. The Morgan fingerprint density at radius 3 is 2.89 bits per heavy atom. The molecule has 8 heteroatoms. The topological polar surface area (TPSA) is 90.3 Å². The van der Waals surface area contributed by atoms with Gasteiger partial charge in [0.25, 0.3) is 0 Å². The van der Waals surface area contributed by atoms with Gasteiger partial charge in [0.15, 0.2) is 5.82 Å². The van der Waals surface area contributed by atoms with Gasteiger partial charge in [-0.2, -0.15) is 5.10 Å². The Labute approximate surface area is 159 Å². The highest BCUT2D eigenvalue weighted by molar-refractivity contribution is 5.74. The van der Waals surface area contributed by atoms with E-state index < -0.39 is 0 Å². The number of carbonyl (C=O) groups is 1. The lowest BCUT2D eigenvalue weighted by Crippen LogP contribution is -2.51. The van der Waals surface area contributed by atoms with E-state index in [1.165, 1.54) is 0 Å². The second-order valence-electron chi connectivity index (χ2n) is 7.64. The molecule has 2 aliphatic rings. The summed E-state index contributed by atoms with van der Waals surface area (Å²) in [5, 5.41) is 10.4. The number of aryl methyl sites for hydroxylation is 1.